The Bertz CT molecular complexity index is 1160. The van der Waals surface area contributed by atoms with Crippen LogP contribution in [0.2, 0.25) is 0 Å². The highest BCUT2D eigenvalue weighted by molar-refractivity contribution is 5.93. The Morgan fingerprint density at radius 3 is 2.72 bits per heavy atom. The van der Waals surface area contributed by atoms with Gasteiger partial charge in [0.2, 0.25) is 0 Å². The fourth-order valence-corrected chi connectivity index (χ4v) is 4.10. The van der Waals surface area contributed by atoms with Crippen molar-refractivity contribution in [1.82, 2.24) is 14.9 Å². The van der Waals surface area contributed by atoms with Gasteiger partial charge in [0, 0.05) is 41.3 Å². The molecule has 4 rings (SSSR count). The van der Waals surface area contributed by atoms with E-state index in [0.717, 1.165) is 53.7 Å². The molecule has 4 N–H and O–H groups in total. The van der Waals surface area contributed by atoms with Crippen molar-refractivity contribution < 1.29 is 15.0 Å². The number of carbonyl (C=O) groups is 1. The minimum absolute atomic E-state index is 0. The summed E-state index contributed by atoms with van der Waals surface area (Å²) in [4.78, 5) is 26.4. The van der Waals surface area contributed by atoms with Gasteiger partial charge in [0.25, 0.3) is 5.56 Å². The van der Waals surface area contributed by atoms with E-state index in [0.29, 0.717) is 17.7 Å². The van der Waals surface area contributed by atoms with Gasteiger partial charge >= 0.3 is 5.97 Å². The fourth-order valence-electron chi connectivity index (χ4n) is 4.10. The van der Waals surface area contributed by atoms with Gasteiger partial charge < -0.3 is 25.1 Å². The average Bonchev–Trinajstić information content (AvgIpc) is 2.83. The van der Waals surface area contributed by atoms with E-state index >= 15 is 0 Å². The molecule has 0 amide bonds. The molecule has 3 aromatic rings. The van der Waals surface area contributed by atoms with Crippen molar-refractivity contribution in [1.29, 1.82) is 0 Å². The largest absolute Gasteiger partial charge is 0.506 e. The fraction of sp³-hybridized carbons (Fsp3) is 0.333. The number of aryl methyl sites for hydroxylation is 2. The summed E-state index contributed by atoms with van der Waals surface area (Å²) in [5.41, 5.74) is 3.87. The summed E-state index contributed by atoms with van der Waals surface area (Å²) in [6, 6.07) is 6.28. The van der Waals surface area contributed by atoms with Crippen LogP contribution in [0.15, 0.2) is 23.0 Å². The Hall–Kier alpha value is -2.77. The van der Waals surface area contributed by atoms with Crippen LogP contribution < -0.4 is 10.9 Å². The van der Waals surface area contributed by atoms with E-state index in [4.69, 9.17) is 0 Å². The Labute approximate surface area is 173 Å². The van der Waals surface area contributed by atoms with Gasteiger partial charge in [-0.05, 0) is 49.6 Å². The number of hydrogen-bond acceptors (Lipinski definition) is 4. The van der Waals surface area contributed by atoms with Gasteiger partial charge in [-0.3, -0.25) is 4.79 Å². The van der Waals surface area contributed by atoms with Crippen LogP contribution in [-0.2, 0) is 26.4 Å². The number of rotatable bonds is 4. The van der Waals surface area contributed by atoms with Crippen LogP contribution in [0.3, 0.4) is 0 Å². The number of halogens is 1. The Kier molecular flexibility index (Phi) is 5.73. The van der Waals surface area contributed by atoms with Crippen LogP contribution in [0.4, 0.5) is 0 Å². The molecule has 1 aromatic carbocycles. The lowest BCUT2D eigenvalue weighted by molar-refractivity contribution is 0.0691. The number of carboxylic acid groups (broad SMARTS) is 1. The molecule has 0 spiro atoms. The third-order valence-corrected chi connectivity index (χ3v) is 5.57. The second-order valence-electron chi connectivity index (χ2n) is 7.23. The van der Waals surface area contributed by atoms with Gasteiger partial charge in [0.1, 0.15) is 5.75 Å². The SMILES string of the molecule is CCNCc1cc2cc3c(cc2n1C)CCCc1c-3[nH]c(=O)c(C(=O)O)c1O.Cl. The number of aromatic hydroxyl groups is 1. The van der Waals surface area contributed by atoms with Crippen molar-refractivity contribution in [3.8, 4) is 17.0 Å². The Balaban J connectivity index is 0.00000240. The number of hydrogen-bond donors (Lipinski definition) is 4. The molecule has 0 fully saturated rings. The summed E-state index contributed by atoms with van der Waals surface area (Å²) in [6.07, 6.45) is 2.06. The number of nitrogens with one attached hydrogen (secondary N) is 2. The number of aromatic carboxylic acids is 1. The normalized spacial score (nSPS) is 12.8. The van der Waals surface area contributed by atoms with Crippen molar-refractivity contribution in [3.05, 3.63) is 50.9 Å². The summed E-state index contributed by atoms with van der Waals surface area (Å²) in [5.74, 6) is -1.84. The van der Waals surface area contributed by atoms with Crippen LogP contribution in [0.25, 0.3) is 22.2 Å². The standard InChI is InChI=1S/C21H23N3O4.ClH/c1-3-22-10-13-7-12-8-15-11(9-16(12)24(13)2)5-4-6-14-18(15)23-20(26)17(19(14)25)21(27)28;/h7-9,22H,3-6,10H2,1-2H3,(H,27,28)(H2,23,25,26);1H. The molecule has 29 heavy (non-hydrogen) atoms. The zero-order valence-corrected chi connectivity index (χ0v) is 17.2. The first-order chi connectivity index (χ1) is 13.4. The maximum absolute atomic E-state index is 12.3. The second kappa shape index (κ2) is 7.93. The van der Waals surface area contributed by atoms with Crippen LogP contribution in [-0.4, -0.2) is 32.3 Å². The predicted octanol–water partition coefficient (Wildman–Crippen LogP) is 2.96. The van der Waals surface area contributed by atoms with Gasteiger partial charge in [-0.1, -0.05) is 6.92 Å². The third-order valence-electron chi connectivity index (χ3n) is 5.57. The third kappa shape index (κ3) is 3.41. The molecule has 154 valence electrons. The highest BCUT2D eigenvalue weighted by atomic mass is 35.5. The van der Waals surface area contributed by atoms with E-state index in [-0.39, 0.29) is 12.4 Å². The van der Waals surface area contributed by atoms with E-state index < -0.39 is 22.8 Å². The topological polar surface area (TPSA) is 107 Å². The molecule has 0 radical (unpaired) electrons. The first-order valence-corrected chi connectivity index (χ1v) is 9.46. The zero-order valence-electron chi connectivity index (χ0n) is 16.3. The van der Waals surface area contributed by atoms with Gasteiger partial charge in [-0.15, -0.1) is 12.4 Å². The van der Waals surface area contributed by atoms with Crippen LogP contribution >= 0.6 is 12.4 Å². The molecule has 7 nitrogen and oxygen atoms in total. The smallest absolute Gasteiger partial charge is 0.345 e. The molecule has 1 aliphatic rings. The maximum Gasteiger partial charge on any atom is 0.345 e. The number of nitrogens with zero attached hydrogens (tertiary/aromatic N) is 1. The van der Waals surface area contributed by atoms with Crippen molar-refractivity contribution in [2.24, 2.45) is 7.05 Å². The Morgan fingerprint density at radius 2 is 2.03 bits per heavy atom. The molecule has 8 heteroatoms. The molecular weight excluding hydrogens is 394 g/mol. The van der Waals surface area contributed by atoms with Crippen molar-refractivity contribution in [3.63, 3.8) is 0 Å². The number of aromatic amines is 1. The summed E-state index contributed by atoms with van der Waals surface area (Å²) in [5, 5.41) is 24.1. The molecule has 0 aliphatic heterocycles. The lowest BCUT2D eigenvalue weighted by Crippen LogP contribution is -2.20. The number of benzene rings is 1. The second-order valence-corrected chi connectivity index (χ2v) is 7.23. The van der Waals surface area contributed by atoms with E-state index in [9.17, 15) is 19.8 Å². The highest BCUT2D eigenvalue weighted by Crippen LogP contribution is 2.38. The molecule has 1 aliphatic carbocycles. The molecule has 0 atom stereocenters. The lowest BCUT2D eigenvalue weighted by atomic mass is 9.98. The van der Waals surface area contributed by atoms with Gasteiger partial charge in [0.15, 0.2) is 5.56 Å². The minimum atomic E-state index is -1.42. The number of pyridine rings is 1. The highest BCUT2D eigenvalue weighted by Gasteiger charge is 2.26. The lowest BCUT2D eigenvalue weighted by Gasteiger charge is -2.13. The number of H-pyrrole nitrogens is 1. The van der Waals surface area contributed by atoms with Gasteiger partial charge in [-0.2, -0.15) is 0 Å². The molecule has 2 aromatic heterocycles. The van der Waals surface area contributed by atoms with Crippen LogP contribution in [0.1, 0.15) is 40.5 Å². The monoisotopic (exact) mass is 417 g/mol. The molecule has 0 saturated carbocycles. The molecular formula is C21H24ClN3O4. The molecule has 0 unspecified atom stereocenters. The van der Waals surface area contributed by atoms with Crippen LogP contribution in [0.5, 0.6) is 5.75 Å². The van der Waals surface area contributed by atoms with Gasteiger partial charge in [0.05, 0.1) is 5.69 Å². The summed E-state index contributed by atoms with van der Waals surface area (Å²) in [6.45, 7) is 3.72. The quantitative estimate of drug-likeness (QED) is 0.522. The summed E-state index contributed by atoms with van der Waals surface area (Å²) < 4.78 is 2.16. The maximum atomic E-state index is 12.3. The minimum Gasteiger partial charge on any atom is -0.506 e. The van der Waals surface area contributed by atoms with Crippen molar-refractivity contribution in [2.75, 3.05) is 6.54 Å². The van der Waals surface area contributed by atoms with Crippen molar-refractivity contribution in [2.45, 2.75) is 32.7 Å². The average molecular weight is 418 g/mol. The number of carboxylic acids is 1. The van der Waals surface area contributed by atoms with E-state index in [1.165, 1.54) is 0 Å². The first-order valence-electron chi connectivity index (χ1n) is 9.46. The number of aromatic nitrogens is 2. The Morgan fingerprint density at radius 1 is 1.28 bits per heavy atom. The van der Waals surface area contributed by atoms with Crippen LogP contribution in [0, 0.1) is 0 Å². The van der Waals surface area contributed by atoms with E-state index in [2.05, 4.69) is 33.9 Å². The van der Waals surface area contributed by atoms with E-state index in [1.807, 2.05) is 13.1 Å². The van der Waals surface area contributed by atoms with Gasteiger partial charge in [-0.25, -0.2) is 4.79 Å². The molecule has 2 heterocycles. The predicted molar refractivity (Wildman–Crippen MR) is 114 cm³/mol. The number of fused-ring (bicyclic) bond motifs is 4. The van der Waals surface area contributed by atoms with Crippen molar-refractivity contribution >= 4 is 29.3 Å². The summed E-state index contributed by atoms with van der Waals surface area (Å²) >= 11 is 0. The summed E-state index contributed by atoms with van der Waals surface area (Å²) in [7, 11) is 2.04. The first kappa shape index (κ1) is 21.0. The molecule has 0 bridgehead atoms. The van der Waals surface area contributed by atoms with E-state index in [1.54, 1.807) is 0 Å². The molecule has 0 saturated heterocycles. The zero-order chi connectivity index (χ0) is 20.0.